The third kappa shape index (κ3) is 3.07. The Bertz CT molecular complexity index is 738. The predicted octanol–water partition coefficient (Wildman–Crippen LogP) is 2.35. The van der Waals surface area contributed by atoms with Gasteiger partial charge in [0.25, 0.3) is 5.91 Å². The van der Waals surface area contributed by atoms with Crippen LogP contribution < -0.4 is 5.11 Å². The van der Waals surface area contributed by atoms with Gasteiger partial charge < -0.3 is 14.8 Å². The molecule has 0 aromatic heterocycles. The Hall–Kier alpha value is -1.98. The fourth-order valence-electron chi connectivity index (χ4n) is 2.58. The zero-order valence-corrected chi connectivity index (χ0v) is 13.6. The van der Waals surface area contributed by atoms with Crippen molar-refractivity contribution in [2.45, 2.75) is 11.4 Å². The molecule has 4 nitrogen and oxygen atoms in total. The molecule has 3 rings (SSSR count). The first-order valence-corrected chi connectivity index (χ1v) is 8.47. The molecule has 2 aromatic carbocycles. The van der Waals surface area contributed by atoms with Gasteiger partial charge in [-0.2, -0.15) is 0 Å². The van der Waals surface area contributed by atoms with E-state index in [0.717, 1.165) is 5.56 Å². The first-order valence-electron chi connectivity index (χ1n) is 7.04. The van der Waals surface area contributed by atoms with E-state index in [2.05, 4.69) is 0 Å². The number of amides is 1. The highest BCUT2D eigenvalue weighted by atomic mass is 35.5. The molecule has 1 saturated heterocycles. The van der Waals surface area contributed by atoms with Gasteiger partial charge in [0.1, 0.15) is 5.37 Å². The highest BCUT2D eigenvalue weighted by Gasteiger charge is 2.39. The summed E-state index contributed by atoms with van der Waals surface area (Å²) in [5.41, 5.74) is 1.17. The van der Waals surface area contributed by atoms with Crippen LogP contribution in [0.1, 0.15) is 21.3 Å². The maximum absolute atomic E-state index is 12.9. The van der Waals surface area contributed by atoms with Gasteiger partial charge in [0.05, 0.1) is 22.6 Å². The molecule has 118 valence electrons. The number of hydrogen-bond donors (Lipinski definition) is 0. The van der Waals surface area contributed by atoms with Crippen LogP contribution in [0.4, 0.5) is 0 Å². The van der Waals surface area contributed by atoms with Crippen molar-refractivity contribution in [3.63, 3.8) is 0 Å². The second kappa shape index (κ2) is 6.64. The van der Waals surface area contributed by atoms with E-state index in [0.29, 0.717) is 10.6 Å². The first kappa shape index (κ1) is 15.9. The Morgan fingerprint density at radius 2 is 1.74 bits per heavy atom. The van der Waals surface area contributed by atoms with Crippen molar-refractivity contribution in [3.8, 4) is 0 Å². The minimum atomic E-state index is -1.25. The van der Waals surface area contributed by atoms with E-state index in [4.69, 9.17) is 11.6 Å². The van der Waals surface area contributed by atoms with Crippen LogP contribution in [-0.4, -0.2) is 28.6 Å². The van der Waals surface area contributed by atoms with Crippen molar-refractivity contribution in [1.29, 1.82) is 0 Å². The van der Waals surface area contributed by atoms with Gasteiger partial charge in [-0.15, -0.1) is 11.8 Å². The Balaban J connectivity index is 2.01. The molecule has 1 aliphatic rings. The molecule has 0 N–H and O–H groups in total. The van der Waals surface area contributed by atoms with Gasteiger partial charge in [-0.1, -0.05) is 54.1 Å². The lowest BCUT2D eigenvalue weighted by Gasteiger charge is -2.30. The lowest BCUT2D eigenvalue weighted by Crippen LogP contribution is -2.49. The summed E-state index contributed by atoms with van der Waals surface area (Å²) in [5.74, 6) is -1.36. The predicted molar refractivity (Wildman–Crippen MR) is 88.1 cm³/mol. The van der Waals surface area contributed by atoms with Crippen LogP contribution in [0, 0.1) is 0 Å². The molecule has 1 fully saturated rings. The maximum atomic E-state index is 12.9. The summed E-state index contributed by atoms with van der Waals surface area (Å²) in [7, 11) is 0. The Morgan fingerprint density at radius 1 is 1.09 bits per heavy atom. The summed E-state index contributed by atoms with van der Waals surface area (Å²) < 4.78 is 0. The summed E-state index contributed by atoms with van der Waals surface area (Å²) in [4.78, 5) is 25.7. The van der Waals surface area contributed by atoms with E-state index in [1.807, 2.05) is 30.3 Å². The van der Waals surface area contributed by atoms with Gasteiger partial charge in [0.2, 0.25) is 0 Å². The second-order valence-corrected chi connectivity index (χ2v) is 6.64. The normalized spacial score (nSPS) is 20.5. The van der Waals surface area contributed by atoms with E-state index >= 15 is 0 Å². The number of hydrogen-bond acceptors (Lipinski definition) is 4. The fraction of sp³-hybridized carbons (Fsp3) is 0.176. The largest absolute Gasteiger partial charge is 0.548 e. The standard InChI is InChI=1S/C17H14ClNO3S/c18-13-9-5-4-8-12(13)15(20)19-14(17(21)22)10-23-16(19)11-6-2-1-3-7-11/h1-9,14,16H,10H2,(H,21,22)/p-1/t14-,16+/m1/s1. The Kier molecular flexibility index (Phi) is 4.59. The van der Waals surface area contributed by atoms with E-state index in [9.17, 15) is 14.7 Å². The van der Waals surface area contributed by atoms with Crippen molar-refractivity contribution in [3.05, 3.63) is 70.7 Å². The van der Waals surface area contributed by atoms with E-state index in [-0.39, 0.29) is 11.1 Å². The highest BCUT2D eigenvalue weighted by molar-refractivity contribution is 7.99. The number of carboxylic acid groups (broad SMARTS) is 1. The molecule has 1 amide bonds. The number of aliphatic carboxylic acids is 1. The van der Waals surface area contributed by atoms with Gasteiger partial charge >= 0.3 is 0 Å². The van der Waals surface area contributed by atoms with Gasteiger partial charge in [0, 0.05) is 5.75 Å². The minimum Gasteiger partial charge on any atom is -0.548 e. The third-order valence-corrected chi connectivity index (χ3v) is 5.35. The number of carboxylic acids is 1. The first-order chi connectivity index (χ1) is 11.1. The van der Waals surface area contributed by atoms with Gasteiger partial charge in [-0.3, -0.25) is 4.79 Å². The van der Waals surface area contributed by atoms with E-state index in [1.54, 1.807) is 24.3 Å². The number of carbonyl (C=O) groups is 2. The fourth-order valence-corrected chi connectivity index (χ4v) is 4.21. The minimum absolute atomic E-state index is 0.290. The summed E-state index contributed by atoms with van der Waals surface area (Å²) in [6, 6.07) is 15.0. The van der Waals surface area contributed by atoms with E-state index in [1.165, 1.54) is 16.7 Å². The molecule has 0 bridgehead atoms. The molecule has 23 heavy (non-hydrogen) atoms. The van der Waals surface area contributed by atoms with Crippen molar-refractivity contribution in [2.24, 2.45) is 0 Å². The average molecular weight is 347 g/mol. The van der Waals surface area contributed by atoms with Crippen LogP contribution in [0.5, 0.6) is 0 Å². The van der Waals surface area contributed by atoms with Crippen LogP contribution >= 0.6 is 23.4 Å². The van der Waals surface area contributed by atoms with Gasteiger partial charge in [-0.05, 0) is 17.7 Å². The zero-order chi connectivity index (χ0) is 16.4. The molecule has 0 spiro atoms. The quantitative estimate of drug-likeness (QED) is 0.856. The molecule has 2 aromatic rings. The number of carbonyl (C=O) groups excluding carboxylic acids is 2. The Labute approximate surface area is 143 Å². The van der Waals surface area contributed by atoms with Gasteiger partial charge in [0.15, 0.2) is 0 Å². The summed E-state index contributed by atoms with van der Waals surface area (Å²) in [5, 5.41) is 11.4. The average Bonchev–Trinajstić information content (AvgIpc) is 3.00. The number of halogens is 1. The summed E-state index contributed by atoms with van der Waals surface area (Å²) in [6.07, 6.45) is 0. The highest BCUT2D eigenvalue weighted by Crippen LogP contribution is 2.42. The van der Waals surface area contributed by atoms with Crippen LogP contribution in [0.15, 0.2) is 54.6 Å². The Morgan fingerprint density at radius 3 is 2.39 bits per heavy atom. The van der Waals surface area contributed by atoms with Gasteiger partial charge in [-0.25, -0.2) is 0 Å². The van der Waals surface area contributed by atoms with E-state index < -0.39 is 17.9 Å². The zero-order valence-electron chi connectivity index (χ0n) is 12.0. The number of benzene rings is 2. The number of thioether (sulfide) groups is 1. The van der Waals surface area contributed by atoms with Crippen LogP contribution in [0.3, 0.4) is 0 Å². The molecular formula is C17H13ClNO3S-. The monoisotopic (exact) mass is 346 g/mol. The summed E-state index contributed by atoms with van der Waals surface area (Å²) >= 11 is 7.51. The lowest BCUT2D eigenvalue weighted by molar-refractivity contribution is -0.310. The number of nitrogens with zero attached hydrogens (tertiary/aromatic N) is 1. The molecule has 0 saturated carbocycles. The van der Waals surface area contributed by atoms with Crippen LogP contribution in [-0.2, 0) is 4.79 Å². The molecule has 1 aliphatic heterocycles. The van der Waals surface area contributed by atoms with Crippen LogP contribution in [0.25, 0.3) is 0 Å². The topological polar surface area (TPSA) is 60.4 Å². The SMILES string of the molecule is O=C([O-])[C@H]1CS[C@@H](c2ccccc2)N1C(=O)c1ccccc1Cl. The maximum Gasteiger partial charge on any atom is 0.257 e. The molecule has 6 heteroatoms. The molecule has 0 radical (unpaired) electrons. The van der Waals surface area contributed by atoms with Crippen LogP contribution in [0.2, 0.25) is 5.02 Å². The van der Waals surface area contributed by atoms with Crippen molar-refractivity contribution >= 4 is 35.2 Å². The second-order valence-electron chi connectivity index (χ2n) is 5.12. The van der Waals surface area contributed by atoms with Crippen molar-refractivity contribution in [2.75, 3.05) is 5.75 Å². The third-order valence-electron chi connectivity index (χ3n) is 3.70. The smallest absolute Gasteiger partial charge is 0.257 e. The molecule has 0 unspecified atom stereocenters. The molecule has 1 heterocycles. The molecule has 2 atom stereocenters. The molecular weight excluding hydrogens is 334 g/mol. The van der Waals surface area contributed by atoms with Crippen molar-refractivity contribution in [1.82, 2.24) is 4.90 Å². The lowest BCUT2D eigenvalue weighted by atomic mass is 10.1. The van der Waals surface area contributed by atoms with Crippen molar-refractivity contribution < 1.29 is 14.7 Å². The number of rotatable bonds is 3. The molecule has 0 aliphatic carbocycles. The summed E-state index contributed by atoms with van der Waals surface area (Å²) in [6.45, 7) is 0.